The number of benzene rings is 1. The molecule has 0 bridgehead atoms. The first-order valence-corrected chi connectivity index (χ1v) is 5.85. The Morgan fingerprint density at radius 2 is 1.80 bits per heavy atom. The number of carboxylic acid groups (broad SMARTS) is 1. The summed E-state index contributed by atoms with van der Waals surface area (Å²) in [6.45, 7) is 1.70. The molecule has 0 aliphatic heterocycles. The van der Waals surface area contributed by atoms with Crippen LogP contribution in [0.25, 0.3) is 0 Å². The van der Waals surface area contributed by atoms with Crippen molar-refractivity contribution in [1.29, 1.82) is 0 Å². The summed E-state index contributed by atoms with van der Waals surface area (Å²) in [5.41, 5.74) is 0.479. The van der Waals surface area contributed by atoms with Gasteiger partial charge in [-0.15, -0.1) is 0 Å². The Hall–Kier alpha value is -0.680. The number of ketones is 1. The molecule has 0 heterocycles. The molecule has 1 N–H and O–H groups in total. The van der Waals surface area contributed by atoms with Gasteiger partial charge in [-0.3, -0.25) is 4.79 Å². The van der Waals surface area contributed by atoms with Gasteiger partial charge in [0.15, 0.2) is 5.78 Å². The summed E-state index contributed by atoms with van der Waals surface area (Å²) in [7, 11) is 0. The van der Waals surface area contributed by atoms with Crippen LogP contribution in [-0.2, 0) is 0 Å². The number of hydrogen-bond acceptors (Lipinski definition) is 2. The second-order valence-electron chi connectivity index (χ2n) is 3.01. The number of rotatable bonds is 3. The standard InChI is InChI=1S/C10H8Br2O3/c1-5(11)9(13)6-2-7(10(14)15)4-8(12)3-6/h2-5H,1H3,(H,14,15). The first kappa shape index (κ1) is 12.4. The van der Waals surface area contributed by atoms with Crippen LogP contribution in [0.5, 0.6) is 0 Å². The molecule has 0 saturated carbocycles. The van der Waals surface area contributed by atoms with Crippen LogP contribution in [0.2, 0.25) is 0 Å². The normalized spacial score (nSPS) is 12.2. The summed E-state index contributed by atoms with van der Waals surface area (Å²) in [6, 6.07) is 4.43. The highest BCUT2D eigenvalue weighted by molar-refractivity contribution is 9.10. The lowest BCUT2D eigenvalue weighted by Gasteiger charge is -2.05. The van der Waals surface area contributed by atoms with Crippen molar-refractivity contribution in [1.82, 2.24) is 0 Å². The smallest absolute Gasteiger partial charge is 0.335 e. The minimum absolute atomic E-state index is 0.0980. The van der Waals surface area contributed by atoms with E-state index in [0.29, 0.717) is 10.0 Å². The molecule has 3 nitrogen and oxygen atoms in total. The van der Waals surface area contributed by atoms with E-state index in [1.165, 1.54) is 12.1 Å². The fourth-order valence-electron chi connectivity index (χ4n) is 1.09. The number of hydrogen-bond donors (Lipinski definition) is 1. The third-order valence-corrected chi connectivity index (χ3v) is 2.66. The minimum atomic E-state index is -1.05. The highest BCUT2D eigenvalue weighted by Gasteiger charge is 2.15. The zero-order valence-corrected chi connectivity index (χ0v) is 11.0. The summed E-state index contributed by atoms with van der Waals surface area (Å²) in [4.78, 5) is 22.0. The van der Waals surface area contributed by atoms with E-state index in [9.17, 15) is 9.59 Å². The van der Waals surface area contributed by atoms with Crippen LogP contribution in [0.15, 0.2) is 22.7 Å². The molecular weight excluding hydrogens is 328 g/mol. The number of Topliss-reactive ketones (excluding diaryl/α,β-unsaturated/α-hetero) is 1. The molecule has 5 heteroatoms. The number of carbonyl (C=O) groups is 2. The van der Waals surface area contributed by atoms with Gasteiger partial charge in [-0.1, -0.05) is 31.9 Å². The van der Waals surface area contributed by atoms with Crippen LogP contribution in [0.1, 0.15) is 27.6 Å². The molecule has 1 rings (SSSR count). The van der Waals surface area contributed by atoms with E-state index in [4.69, 9.17) is 5.11 Å². The van der Waals surface area contributed by atoms with E-state index in [2.05, 4.69) is 31.9 Å². The topological polar surface area (TPSA) is 54.4 Å². The molecule has 0 aliphatic carbocycles. The van der Waals surface area contributed by atoms with Crippen LogP contribution in [0.3, 0.4) is 0 Å². The van der Waals surface area contributed by atoms with E-state index >= 15 is 0 Å². The van der Waals surface area contributed by atoms with E-state index in [1.54, 1.807) is 13.0 Å². The van der Waals surface area contributed by atoms with E-state index in [0.717, 1.165) is 0 Å². The van der Waals surface area contributed by atoms with Crippen molar-refractivity contribution >= 4 is 43.6 Å². The molecule has 0 amide bonds. The van der Waals surface area contributed by atoms with E-state index in [-0.39, 0.29) is 16.2 Å². The van der Waals surface area contributed by atoms with Gasteiger partial charge in [-0.05, 0) is 25.1 Å². The lowest BCUT2D eigenvalue weighted by Crippen LogP contribution is -2.11. The Balaban J connectivity index is 3.20. The molecule has 0 spiro atoms. The monoisotopic (exact) mass is 334 g/mol. The quantitative estimate of drug-likeness (QED) is 0.682. The van der Waals surface area contributed by atoms with E-state index in [1.807, 2.05) is 0 Å². The van der Waals surface area contributed by atoms with Crippen LogP contribution in [-0.4, -0.2) is 21.7 Å². The van der Waals surface area contributed by atoms with Gasteiger partial charge in [0.25, 0.3) is 0 Å². The Morgan fingerprint density at radius 3 is 2.27 bits per heavy atom. The predicted octanol–water partition coefficient (Wildman–Crippen LogP) is 3.11. The van der Waals surface area contributed by atoms with Crippen molar-refractivity contribution in [3.8, 4) is 0 Å². The first-order valence-electron chi connectivity index (χ1n) is 4.14. The van der Waals surface area contributed by atoms with Gasteiger partial charge in [0.1, 0.15) is 0 Å². The van der Waals surface area contributed by atoms with Crippen molar-refractivity contribution in [3.05, 3.63) is 33.8 Å². The van der Waals surface area contributed by atoms with Gasteiger partial charge in [0.2, 0.25) is 0 Å². The Bertz CT molecular complexity index is 413. The highest BCUT2D eigenvalue weighted by Crippen LogP contribution is 2.18. The van der Waals surface area contributed by atoms with Crippen molar-refractivity contribution in [2.45, 2.75) is 11.8 Å². The maximum absolute atomic E-state index is 11.6. The number of alkyl halides is 1. The maximum Gasteiger partial charge on any atom is 0.335 e. The largest absolute Gasteiger partial charge is 0.478 e. The fraction of sp³-hybridized carbons (Fsp3) is 0.200. The van der Waals surface area contributed by atoms with Crippen molar-refractivity contribution in [2.75, 3.05) is 0 Å². The van der Waals surface area contributed by atoms with Crippen LogP contribution in [0.4, 0.5) is 0 Å². The minimum Gasteiger partial charge on any atom is -0.478 e. The fourth-order valence-corrected chi connectivity index (χ4v) is 1.84. The highest BCUT2D eigenvalue weighted by atomic mass is 79.9. The van der Waals surface area contributed by atoms with E-state index < -0.39 is 5.97 Å². The molecule has 1 atom stereocenters. The van der Waals surface area contributed by atoms with Crippen LogP contribution >= 0.6 is 31.9 Å². The van der Waals surface area contributed by atoms with Crippen molar-refractivity contribution in [2.24, 2.45) is 0 Å². The Morgan fingerprint density at radius 1 is 1.27 bits per heavy atom. The van der Waals surface area contributed by atoms with Gasteiger partial charge in [-0.25, -0.2) is 4.79 Å². The van der Waals surface area contributed by atoms with Gasteiger partial charge in [0.05, 0.1) is 10.4 Å². The Kier molecular flexibility index (Phi) is 4.04. The van der Waals surface area contributed by atoms with Gasteiger partial charge < -0.3 is 5.11 Å². The third kappa shape index (κ3) is 3.14. The number of halogens is 2. The first-order chi connectivity index (χ1) is 6.91. The zero-order valence-electron chi connectivity index (χ0n) is 7.83. The van der Waals surface area contributed by atoms with Gasteiger partial charge >= 0.3 is 5.97 Å². The lowest BCUT2D eigenvalue weighted by molar-refractivity contribution is 0.0697. The molecule has 0 aliphatic rings. The number of carbonyl (C=O) groups excluding carboxylic acids is 1. The molecule has 15 heavy (non-hydrogen) atoms. The Labute approximate surface area is 104 Å². The van der Waals surface area contributed by atoms with Gasteiger partial charge in [-0.2, -0.15) is 0 Å². The third-order valence-electron chi connectivity index (χ3n) is 1.79. The average molecular weight is 336 g/mol. The van der Waals surface area contributed by atoms with Crippen molar-refractivity contribution < 1.29 is 14.7 Å². The molecule has 1 aromatic rings. The molecule has 0 fully saturated rings. The van der Waals surface area contributed by atoms with Crippen LogP contribution in [0, 0.1) is 0 Å². The van der Waals surface area contributed by atoms with Crippen molar-refractivity contribution in [3.63, 3.8) is 0 Å². The molecule has 0 aromatic heterocycles. The SMILES string of the molecule is CC(Br)C(=O)c1cc(Br)cc(C(=O)O)c1. The zero-order chi connectivity index (χ0) is 11.6. The molecular formula is C10H8Br2O3. The summed E-state index contributed by atoms with van der Waals surface area (Å²) < 4.78 is 0.582. The molecule has 0 radical (unpaired) electrons. The molecule has 1 aromatic carbocycles. The molecule has 1 unspecified atom stereocenters. The lowest BCUT2D eigenvalue weighted by atomic mass is 10.1. The molecule has 0 saturated heterocycles. The summed E-state index contributed by atoms with van der Waals surface area (Å²) in [5.74, 6) is -1.19. The number of carboxylic acids is 1. The van der Waals surface area contributed by atoms with Gasteiger partial charge in [0, 0.05) is 10.0 Å². The summed E-state index contributed by atoms with van der Waals surface area (Å²) in [5, 5.41) is 8.81. The second kappa shape index (κ2) is 4.90. The summed E-state index contributed by atoms with van der Waals surface area (Å²) >= 11 is 6.32. The summed E-state index contributed by atoms with van der Waals surface area (Å²) in [6.07, 6.45) is 0. The number of aromatic carboxylic acids is 1. The van der Waals surface area contributed by atoms with Crippen LogP contribution < -0.4 is 0 Å². The second-order valence-corrected chi connectivity index (χ2v) is 5.30. The molecule has 80 valence electrons. The maximum atomic E-state index is 11.6. The predicted molar refractivity (Wildman–Crippen MR) is 63.8 cm³/mol. The average Bonchev–Trinajstić information content (AvgIpc) is 2.15.